The number of carbonyl (C=O) groups excluding carboxylic acids is 2. The first-order valence-corrected chi connectivity index (χ1v) is 23.1. The van der Waals surface area contributed by atoms with E-state index in [-0.39, 0.29) is 18.5 Å². The van der Waals surface area contributed by atoms with Crippen LogP contribution in [0.1, 0.15) is 239 Å². The number of rotatable bonds is 42. The Balaban J connectivity index is 3.57. The highest BCUT2D eigenvalue weighted by molar-refractivity contribution is 5.76. The number of carbonyl (C=O) groups is 2. The first kappa shape index (κ1) is 51.3. The lowest BCUT2D eigenvalue weighted by Gasteiger charge is -2.22. The van der Waals surface area contributed by atoms with Crippen molar-refractivity contribution in [1.82, 2.24) is 5.32 Å². The average molecular weight is 748 g/mol. The summed E-state index contributed by atoms with van der Waals surface area (Å²) in [4.78, 5) is 24.3. The second kappa shape index (κ2) is 43.1. The predicted octanol–water partition coefficient (Wildman–Crippen LogP) is 13.2. The zero-order valence-electron chi connectivity index (χ0n) is 35.2. The molecule has 0 bridgehead atoms. The third-order valence-corrected chi connectivity index (χ3v) is 10.5. The van der Waals surface area contributed by atoms with E-state index in [2.05, 4.69) is 43.5 Å². The lowest BCUT2D eigenvalue weighted by molar-refractivity contribution is -0.143. The molecule has 0 aliphatic heterocycles. The standard InChI is InChI=1S/C47H89NO5/c1-3-5-7-9-11-13-15-16-17-18-19-21-23-27-31-35-39-45(50)44(43-49)48-46(51)40-36-32-28-24-22-26-30-34-38-42-53-47(52)41-37-33-29-25-20-14-12-10-8-6-4-2/h10,12,24,28,44-45,49-50H,3-9,11,13-23,25-27,29-43H2,1-2H3,(H,48,51)/b12-10-,28-24-. The van der Waals surface area contributed by atoms with Gasteiger partial charge in [0.05, 0.1) is 25.4 Å². The van der Waals surface area contributed by atoms with Crippen LogP contribution in [0.5, 0.6) is 0 Å². The molecule has 0 aromatic rings. The van der Waals surface area contributed by atoms with Crippen LogP contribution >= 0.6 is 0 Å². The zero-order valence-corrected chi connectivity index (χ0v) is 35.2. The molecule has 2 unspecified atom stereocenters. The molecule has 0 spiro atoms. The molecular weight excluding hydrogens is 659 g/mol. The van der Waals surface area contributed by atoms with Gasteiger partial charge in [0, 0.05) is 12.8 Å². The minimum atomic E-state index is -0.694. The number of ether oxygens (including phenoxy) is 1. The molecule has 0 heterocycles. The molecule has 6 nitrogen and oxygen atoms in total. The quantitative estimate of drug-likeness (QED) is 0.0328. The number of aliphatic hydroxyl groups is 2. The molecule has 2 atom stereocenters. The average Bonchev–Trinajstić information content (AvgIpc) is 3.16. The van der Waals surface area contributed by atoms with Crippen molar-refractivity contribution in [2.75, 3.05) is 13.2 Å². The van der Waals surface area contributed by atoms with Crippen LogP contribution in [-0.4, -0.2) is 47.4 Å². The highest BCUT2D eigenvalue weighted by Gasteiger charge is 2.19. The highest BCUT2D eigenvalue weighted by atomic mass is 16.5. The summed E-state index contributed by atoms with van der Waals surface area (Å²) in [5.74, 6) is -0.144. The maximum Gasteiger partial charge on any atom is 0.305 e. The highest BCUT2D eigenvalue weighted by Crippen LogP contribution is 2.15. The van der Waals surface area contributed by atoms with Gasteiger partial charge in [-0.25, -0.2) is 0 Å². The topological polar surface area (TPSA) is 95.9 Å². The Hall–Kier alpha value is -1.66. The smallest absolute Gasteiger partial charge is 0.305 e. The molecule has 0 fully saturated rings. The Morgan fingerprint density at radius 3 is 1.43 bits per heavy atom. The van der Waals surface area contributed by atoms with Crippen LogP contribution in [0.3, 0.4) is 0 Å². The van der Waals surface area contributed by atoms with Crippen molar-refractivity contribution < 1.29 is 24.5 Å². The molecule has 53 heavy (non-hydrogen) atoms. The maximum atomic E-state index is 12.4. The molecule has 0 aliphatic carbocycles. The van der Waals surface area contributed by atoms with Crippen LogP contribution in [0.15, 0.2) is 24.3 Å². The fourth-order valence-corrected chi connectivity index (χ4v) is 6.86. The number of hydrogen-bond acceptors (Lipinski definition) is 5. The molecular formula is C47H89NO5. The Labute approximate surface area is 329 Å². The third-order valence-electron chi connectivity index (χ3n) is 10.5. The van der Waals surface area contributed by atoms with Crippen LogP contribution < -0.4 is 5.32 Å². The third kappa shape index (κ3) is 39.8. The van der Waals surface area contributed by atoms with E-state index in [0.717, 1.165) is 70.6 Å². The van der Waals surface area contributed by atoms with Gasteiger partial charge in [-0.15, -0.1) is 0 Å². The van der Waals surface area contributed by atoms with E-state index in [1.54, 1.807) is 0 Å². The summed E-state index contributed by atoms with van der Waals surface area (Å²) in [6, 6.07) is -0.578. The van der Waals surface area contributed by atoms with Crippen LogP contribution in [0.2, 0.25) is 0 Å². The number of unbranched alkanes of at least 4 members (excludes halogenated alkanes) is 27. The summed E-state index contributed by atoms with van der Waals surface area (Å²) in [5, 5.41) is 23.1. The van der Waals surface area contributed by atoms with Gasteiger partial charge in [-0.05, 0) is 64.2 Å². The lowest BCUT2D eigenvalue weighted by atomic mass is 10.0. The van der Waals surface area contributed by atoms with E-state index < -0.39 is 12.1 Å². The first-order valence-electron chi connectivity index (χ1n) is 23.1. The number of hydrogen-bond donors (Lipinski definition) is 3. The van der Waals surface area contributed by atoms with E-state index in [0.29, 0.717) is 25.9 Å². The summed E-state index contributed by atoms with van der Waals surface area (Å²) >= 11 is 0. The summed E-state index contributed by atoms with van der Waals surface area (Å²) in [6.45, 7) is 4.81. The van der Waals surface area contributed by atoms with Crippen molar-refractivity contribution in [2.24, 2.45) is 0 Å². The first-order chi connectivity index (χ1) is 26.0. The molecule has 0 radical (unpaired) electrons. The molecule has 0 aromatic carbocycles. The Kier molecular flexibility index (Phi) is 41.7. The molecule has 0 aromatic heterocycles. The van der Waals surface area contributed by atoms with Gasteiger partial charge in [-0.2, -0.15) is 0 Å². The number of nitrogens with one attached hydrogen (secondary N) is 1. The monoisotopic (exact) mass is 748 g/mol. The van der Waals surface area contributed by atoms with Gasteiger partial charge in [-0.1, -0.05) is 186 Å². The normalized spacial score (nSPS) is 12.9. The van der Waals surface area contributed by atoms with Gasteiger partial charge < -0.3 is 20.3 Å². The van der Waals surface area contributed by atoms with Crippen molar-refractivity contribution in [3.05, 3.63) is 24.3 Å². The van der Waals surface area contributed by atoms with E-state index in [1.807, 2.05) is 0 Å². The molecule has 0 rings (SSSR count). The largest absolute Gasteiger partial charge is 0.466 e. The molecule has 312 valence electrons. The Bertz CT molecular complexity index is 828. The number of aliphatic hydroxyl groups excluding tert-OH is 2. The van der Waals surface area contributed by atoms with Crippen LogP contribution in [0, 0.1) is 0 Å². The van der Waals surface area contributed by atoms with E-state index in [9.17, 15) is 19.8 Å². The summed E-state index contributed by atoms with van der Waals surface area (Å²) in [5.41, 5.74) is 0. The minimum Gasteiger partial charge on any atom is -0.466 e. The predicted molar refractivity (Wildman–Crippen MR) is 227 cm³/mol. The van der Waals surface area contributed by atoms with Gasteiger partial charge in [0.15, 0.2) is 0 Å². The van der Waals surface area contributed by atoms with E-state index in [4.69, 9.17) is 4.74 Å². The Morgan fingerprint density at radius 1 is 0.509 bits per heavy atom. The van der Waals surface area contributed by atoms with Crippen LogP contribution in [0.4, 0.5) is 0 Å². The van der Waals surface area contributed by atoms with Crippen molar-refractivity contribution in [3.8, 4) is 0 Å². The SMILES string of the molecule is CCCC/C=C\CCCCCCCC(=O)OCCCCCC/C=C\CCCC(=O)NC(CO)C(O)CCCCCCCCCCCCCCCCCC. The molecule has 6 heteroatoms. The molecule has 0 aliphatic rings. The van der Waals surface area contributed by atoms with E-state index >= 15 is 0 Å². The second-order valence-corrected chi connectivity index (χ2v) is 15.7. The molecule has 0 saturated heterocycles. The van der Waals surface area contributed by atoms with Crippen LogP contribution in [0.25, 0.3) is 0 Å². The zero-order chi connectivity index (χ0) is 38.7. The summed E-state index contributed by atoms with van der Waals surface area (Å²) < 4.78 is 5.40. The second-order valence-electron chi connectivity index (χ2n) is 15.7. The van der Waals surface area contributed by atoms with Gasteiger partial charge >= 0.3 is 5.97 Å². The van der Waals surface area contributed by atoms with Crippen molar-refractivity contribution in [2.45, 2.75) is 251 Å². The van der Waals surface area contributed by atoms with Crippen molar-refractivity contribution in [3.63, 3.8) is 0 Å². The van der Waals surface area contributed by atoms with Gasteiger partial charge in [0.25, 0.3) is 0 Å². The van der Waals surface area contributed by atoms with E-state index in [1.165, 1.54) is 135 Å². The number of amides is 1. The molecule has 1 amide bonds. The van der Waals surface area contributed by atoms with Gasteiger partial charge in [-0.3, -0.25) is 9.59 Å². The maximum absolute atomic E-state index is 12.4. The molecule has 0 saturated carbocycles. The van der Waals surface area contributed by atoms with Crippen molar-refractivity contribution in [1.29, 1.82) is 0 Å². The summed E-state index contributed by atoms with van der Waals surface area (Å²) in [6.07, 6.45) is 48.5. The minimum absolute atomic E-state index is 0.0471. The number of allylic oxidation sites excluding steroid dienone is 4. The van der Waals surface area contributed by atoms with Gasteiger partial charge in [0.2, 0.25) is 5.91 Å². The van der Waals surface area contributed by atoms with Crippen molar-refractivity contribution >= 4 is 11.9 Å². The van der Waals surface area contributed by atoms with Gasteiger partial charge in [0.1, 0.15) is 0 Å². The fraction of sp³-hybridized carbons (Fsp3) is 0.872. The Morgan fingerprint density at radius 2 is 0.925 bits per heavy atom. The number of esters is 1. The molecule has 3 N–H and O–H groups in total. The summed E-state index contributed by atoms with van der Waals surface area (Å²) in [7, 11) is 0. The van der Waals surface area contributed by atoms with Crippen LogP contribution in [-0.2, 0) is 14.3 Å². The lowest BCUT2D eigenvalue weighted by Crippen LogP contribution is -2.45. The fourth-order valence-electron chi connectivity index (χ4n) is 6.86.